The van der Waals surface area contributed by atoms with Crippen LogP contribution in [0, 0.1) is 0 Å². The van der Waals surface area contributed by atoms with Crippen molar-refractivity contribution >= 4 is 18.9 Å². The van der Waals surface area contributed by atoms with E-state index in [9.17, 15) is 4.79 Å². The summed E-state index contributed by atoms with van der Waals surface area (Å²) >= 11 is 0. The van der Waals surface area contributed by atoms with Gasteiger partial charge in [-0.1, -0.05) is 0 Å². The van der Waals surface area contributed by atoms with Gasteiger partial charge in [-0.15, -0.1) is 0 Å². The number of amides is 1. The molecule has 0 fully saturated rings. The summed E-state index contributed by atoms with van der Waals surface area (Å²) in [6.07, 6.45) is 0. The summed E-state index contributed by atoms with van der Waals surface area (Å²) in [5, 5.41) is 17.0. The van der Waals surface area contributed by atoms with Gasteiger partial charge in [0.1, 0.15) is 5.75 Å². The Morgan fingerprint density at radius 2 is 2.07 bits per heavy atom. The largest absolute Gasteiger partial charge is 0.707 e. The molecule has 6 N–H and O–H groups in total. The summed E-state index contributed by atoms with van der Waals surface area (Å²) in [4.78, 5) is 10.8. The van der Waals surface area contributed by atoms with Crippen LogP contribution < -0.4 is 16.1 Å². The van der Waals surface area contributed by atoms with Crippen LogP contribution in [0.1, 0.15) is 10.4 Å². The van der Waals surface area contributed by atoms with Gasteiger partial charge in [0.05, 0.1) is 5.56 Å². The van der Waals surface area contributed by atoms with E-state index in [1.807, 2.05) is 0 Å². The Labute approximate surface area is 80.3 Å². The fourth-order valence-electron chi connectivity index (χ4n) is 0.960. The fraction of sp³-hybridized carbons (Fsp3) is 0. The quantitative estimate of drug-likeness (QED) is 0.354. The molecule has 0 aromatic heterocycles. The van der Waals surface area contributed by atoms with Gasteiger partial charge in [0.2, 0.25) is 0 Å². The molecule has 1 aromatic carbocycles. The lowest BCUT2D eigenvalue weighted by atomic mass is 10.1. The first-order chi connectivity index (χ1) is 6.50. The van der Waals surface area contributed by atoms with E-state index in [1.54, 1.807) is 0 Å². The Kier molecular flexibility index (Phi) is 2.95. The molecule has 0 radical (unpaired) electrons. The second-order valence-electron chi connectivity index (χ2n) is 2.56. The van der Waals surface area contributed by atoms with E-state index in [0.29, 0.717) is 0 Å². The number of hydrogen-bond donors (Lipinski definition) is 4. The van der Waals surface area contributed by atoms with Crippen molar-refractivity contribution in [3.8, 4) is 5.75 Å². The van der Waals surface area contributed by atoms with Crippen LogP contribution in [0.4, 0.5) is 5.69 Å². The Bertz CT molecular complexity index is 356. The van der Waals surface area contributed by atoms with E-state index in [-0.39, 0.29) is 17.0 Å². The number of hydrogen-bond acceptors (Lipinski definition) is 5. The highest BCUT2D eigenvalue weighted by Gasteiger charge is 2.13. The Morgan fingerprint density at radius 3 is 2.50 bits per heavy atom. The molecule has 0 aliphatic heterocycles. The minimum atomic E-state index is -1.92. The van der Waals surface area contributed by atoms with Gasteiger partial charge in [0.25, 0.3) is 5.91 Å². The first-order valence-corrected chi connectivity index (χ1v) is 3.73. The third kappa shape index (κ3) is 2.38. The maximum atomic E-state index is 10.8. The number of anilines is 1. The molecule has 7 heteroatoms. The molecular formula is C7H9BN2O4. The van der Waals surface area contributed by atoms with Crippen molar-refractivity contribution in [1.82, 2.24) is 0 Å². The van der Waals surface area contributed by atoms with Gasteiger partial charge in [0, 0.05) is 11.8 Å². The van der Waals surface area contributed by atoms with Gasteiger partial charge in [-0.25, -0.2) is 0 Å². The standard InChI is InChI=1S/C7H9BN2O4/c9-6-3-4(14-8(12)13)1-2-5(6)7(10)11/h1-3,12-13H,9H2,(H2,10,11). The SMILES string of the molecule is NC(=O)c1ccc(OB(O)O)cc1N. The predicted molar refractivity (Wildman–Crippen MR) is 50.2 cm³/mol. The van der Waals surface area contributed by atoms with Crippen LogP contribution in [0.3, 0.4) is 0 Å². The minimum absolute atomic E-state index is 0.121. The van der Waals surface area contributed by atoms with Crippen LogP contribution in [0.5, 0.6) is 5.75 Å². The zero-order valence-electron chi connectivity index (χ0n) is 7.18. The summed E-state index contributed by atoms with van der Waals surface area (Å²) in [6.45, 7) is 0. The number of carbonyl (C=O) groups excluding carboxylic acids is 1. The van der Waals surface area contributed by atoms with E-state index in [4.69, 9.17) is 21.5 Å². The molecule has 1 aromatic rings. The molecule has 14 heavy (non-hydrogen) atoms. The van der Waals surface area contributed by atoms with Gasteiger partial charge in [0.15, 0.2) is 0 Å². The smallest absolute Gasteiger partial charge is 0.512 e. The average molecular weight is 196 g/mol. The minimum Gasteiger partial charge on any atom is -0.512 e. The number of nitrogen functional groups attached to an aromatic ring is 1. The third-order valence-electron chi connectivity index (χ3n) is 1.53. The van der Waals surface area contributed by atoms with Gasteiger partial charge >= 0.3 is 7.32 Å². The molecule has 0 atom stereocenters. The van der Waals surface area contributed by atoms with Crippen molar-refractivity contribution in [1.29, 1.82) is 0 Å². The second-order valence-corrected chi connectivity index (χ2v) is 2.56. The van der Waals surface area contributed by atoms with E-state index >= 15 is 0 Å². The maximum absolute atomic E-state index is 10.8. The van der Waals surface area contributed by atoms with Gasteiger partial charge < -0.3 is 26.2 Å². The van der Waals surface area contributed by atoms with E-state index in [1.165, 1.54) is 18.2 Å². The molecule has 0 unspecified atom stereocenters. The van der Waals surface area contributed by atoms with Crippen molar-refractivity contribution in [2.45, 2.75) is 0 Å². The zero-order valence-corrected chi connectivity index (χ0v) is 7.18. The first kappa shape index (κ1) is 10.4. The molecule has 1 rings (SSSR count). The zero-order chi connectivity index (χ0) is 10.7. The lowest BCUT2D eigenvalue weighted by molar-refractivity contribution is 0.100. The van der Waals surface area contributed by atoms with Gasteiger partial charge in [-0.05, 0) is 12.1 Å². The predicted octanol–water partition coefficient (Wildman–Crippen LogP) is -1.28. The third-order valence-corrected chi connectivity index (χ3v) is 1.53. The first-order valence-electron chi connectivity index (χ1n) is 3.73. The molecular weight excluding hydrogens is 187 g/mol. The molecule has 0 aliphatic carbocycles. The number of carbonyl (C=O) groups is 1. The molecule has 1 amide bonds. The Hall–Kier alpha value is -1.73. The van der Waals surface area contributed by atoms with Crippen molar-refractivity contribution < 1.29 is 19.5 Å². The van der Waals surface area contributed by atoms with Crippen LogP contribution in [0.15, 0.2) is 18.2 Å². The highest BCUT2D eigenvalue weighted by Crippen LogP contribution is 2.19. The average Bonchev–Trinajstić information content (AvgIpc) is 2.01. The van der Waals surface area contributed by atoms with Gasteiger partial charge in [-0.3, -0.25) is 4.79 Å². The summed E-state index contributed by atoms with van der Waals surface area (Å²) in [5.41, 5.74) is 10.7. The summed E-state index contributed by atoms with van der Waals surface area (Å²) in [7, 11) is -1.92. The second kappa shape index (κ2) is 3.99. The van der Waals surface area contributed by atoms with Gasteiger partial charge in [-0.2, -0.15) is 0 Å². The summed E-state index contributed by atoms with van der Waals surface area (Å²) in [6, 6.07) is 3.98. The summed E-state index contributed by atoms with van der Waals surface area (Å²) in [5.74, 6) is -0.513. The van der Waals surface area contributed by atoms with E-state index < -0.39 is 13.2 Å². The highest BCUT2D eigenvalue weighted by molar-refractivity contribution is 6.33. The number of nitrogens with two attached hydrogens (primary N) is 2. The van der Waals surface area contributed by atoms with Crippen molar-refractivity contribution in [2.75, 3.05) is 5.73 Å². The highest BCUT2D eigenvalue weighted by atomic mass is 16.6. The number of rotatable bonds is 3. The molecule has 74 valence electrons. The molecule has 0 saturated carbocycles. The number of benzene rings is 1. The van der Waals surface area contributed by atoms with E-state index in [2.05, 4.69) is 4.65 Å². The van der Waals surface area contributed by atoms with Crippen LogP contribution in [-0.2, 0) is 0 Å². The molecule has 0 bridgehead atoms. The topological polar surface area (TPSA) is 119 Å². The molecule has 6 nitrogen and oxygen atoms in total. The number of primary amides is 1. The fourth-order valence-corrected chi connectivity index (χ4v) is 0.960. The van der Waals surface area contributed by atoms with Crippen LogP contribution >= 0.6 is 0 Å². The molecule has 0 heterocycles. The Balaban J connectivity index is 2.94. The maximum Gasteiger partial charge on any atom is 0.707 e. The van der Waals surface area contributed by atoms with Crippen molar-refractivity contribution in [3.05, 3.63) is 23.8 Å². The lowest BCUT2D eigenvalue weighted by Crippen LogP contribution is -2.21. The Morgan fingerprint density at radius 1 is 1.43 bits per heavy atom. The summed E-state index contributed by atoms with van der Waals surface area (Å²) < 4.78 is 4.51. The normalized spacial score (nSPS) is 9.57. The molecule has 0 spiro atoms. The monoisotopic (exact) mass is 196 g/mol. The lowest BCUT2D eigenvalue weighted by Gasteiger charge is -2.07. The molecule has 0 aliphatic rings. The van der Waals surface area contributed by atoms with E-state index in [0.717, 1.165) is 0 Å². The van der Waals surface area contributed by atoms with Crippen LogP contribution in [-0.4, -0.2) is 23.3 Å². The van der Waals surface area contributed by atoms with Crippen LogP contribution in [0.2, 0.25) is 0 Å². The molecule has 0 saturated heterocycles. The van der Waals surface area contributed by atoms with Crippen LogP contribution in [0.25, 0.3) is 0 Å². The van der Waals surface area contributed by atoms with Crippen molar-refractivity contribution in [3.63, 3.8) is 0 Å². The van der Waals surface area contributed by atoms with Crippen molar-refractivity contribution in [2.24, 2.45) is 5.73 Å².